The van der Waals surface area contributed by atoms with Crippen molar-refractivity contribution in [1.29, 1.82) is 0 Å². The highest BCUT2D eigenvalue weighted by Crippen LogP contribution is 2.27. The molecule has 0 aliphatic heterocycles. The first-order valence-electron chi connectivity index (χ1n) is 4.72. The highest BCUT2D eigenvalue weighted by molar-refractivity contribution is 7.89. The Hall–Kier alpha value is -2.07. The van der Waals surface area contributed by atoms with Gasteiger partial charge in [0.1, 0.15) is 0 Å². The van der Waals surface area contributed by atoms with Crippen molar-refractivity contribution in [2.75, 3.05) is 6.54 Å². The molecule has 1 aromatic carbocycles. The van der Waals surface area contributed by atoms with E-state index >= 15 is 0 Å². The molecular formula is C8H9N3O6S. The zero-order valence-electron chi connectivity index (χ0n) is 9.19. The predicted octanol–water partition coefficient (Wildman–Crippen LogP) is 0.801. The Labute approximate surface area is 102 Å². The van der Waals surface area contributed by atoms with E-state index in [0.717, 1.165) is 12.1 Å². The first kappa shape index (κ1) is 14.0. The fourth-order valence-electron chi connectivity index (χ4n) is 1.26. The van der Waals surface area contributed by atoms with Crippen LogP contribution in [-0.2, 0) is 10.0 Å². The Morgan fingerprint density at radius 2 is 1.83 bits per heavy atom. The van der Waals surface area contributed by atoms with Crippen molar-refractivity contribution in [2.45, 2.75) is 11.8 Å². The molecule has 0 heterocycles. The molecule has 10 heteroatoms. The summed E-state index contributed by atoms with van der Waals surface area (Å²) in [6.07, 6.45) is 0. The van der Waals surface area contributed by atoms with Crippen molar-refractivity contribution >= 4 is 21.4 Å². The first-order chi connectivity index (χ1) is 8.29. The van der Waals surface area contributed by atoms with Gasteiger partial charge in [-0.3, -0.25) is 20.2 Å². The van der Waals surface area contributed by atoms with Gasteiger partial charge in [-0.15, -0.1) is 0 Å². The molecule has 0 fully saturated rings. The van der Waals surface area contributed by atoms with Gasteiger partial charge in [0.05, 0.1) is 15.9 Å². The molecule has 0 saturated carbocycles. The van der Waals surface area contributed by atoms with E-state index in [1.807, 2.05) is 0 Å². The quantitative estimate of drug-likeness (QED) is 0.624. The molecule has 0 aromatic heterocycles. The molecule has 0 aliphatic carbocycles. The SMILES string of the molecule is CCNS(=O)(=O)c1ccc([N+](=O)[O-])cc1[N+](=O)[O-]. The lowest BCUT2D eigenvalue weighted by atomic mass is 10.3. The van der Waals surface area contributed by atoms with Crippen LogP contribution in [-0.4, -0.2) is 24.8 Å². The van der Waals surface area contributed by atoms with Gasteiger partial charge in [-0.1, -0.05) is 6.92 Å². The maximum absolute atomic E-state index is 11.7. The summed E-state index contributed by atoms with van der Waals surface area (Å²) in [4.78, 5) is 18.8. The molecule has 0 atom stereocenters. The van der Waals surface area contributed by atoms with Crippen molar-refractivity contribution < 1.29 is 18.3 Å². The number of nitrogens with zero attached hydrogens (tertiary/aromatic N) is 2. The summed E-state index contributed by atoms with van der Waals surface area (Å²) in [5.74, 6) is 0. The summed E-state index contributed by atoms with van der Waals surface area (Å²) in [7, 11) is -4.04. The van der Waals surface area contributed by atoms with Crippen molar-refractivity contribution in [1.82, 2.24) is 4.72 Å². The Balaban J connectivity index is 3.46. The molecule has 0 bridgehead atoms. The highest BCUT2D eigenvalue weighted by Gasteiger charge is 2.27. The molecule has 0 saturated heterocycles. The summed E-state index contributed by atoms with van der Waals surface area (Å²) in [6.45, 7) is 1.56. The standard InChI is InChI=1S/C8H9N3O6S/c1-2-9-18(16,17)8-4-3-6(10(12)13)5-7(8)11(14)15/h3-5,9H,2H2,1H3. The lowest BCUT2D eigenvalue weighted by molar-refractivity contribution is -0.396. The average Bonchev–Trinajstić information content (AvgIpc) is 2.27. The molecule has 0 aliphatic rings. The third-order valence-electron chi connectivity index (χ3n) is 1.97. The average molecular weight is 275 g/mol. The Morgan fingerprint density at radius 3 is 2.28 bits per heavy atom. The van der Waals surface area contributed by atoms with E-state index in [2.05, 4.69) is 4.72 Å². The van der Waals surface area contributed by atoms with Gasteiger partial charge in [-0.2, -0.15) is 0 Å². The second kappa shape index (κ2) is 5.06. The number of nitro benzene ring substituents is 2. The van der Waals surface area contributed by atoms with Gasteiger partial charge in [0, 0.05) is 12.6 Å². The van der Waals surface area contributed by atoms with Gasteiger partial charge in [0.2, 0.25) is 10.0 Å². The number of sulfonamides is 1. The minimum atomic E-state index is -4.04. The number of non-ortho nitro benzene ring substituents is 1. The van der Waals surface area contributed by atoms with Gasteiger partial charge in [-0.25, -0.2) is 13.1 Å². The van der Waals surface area contributed by atoms with Crippen molar-refractivity contribution in [3.05, 3.63) is 38.4 Å². The van der Waals surface area contributed by atoms with E-state index < -0.39 is 36.1 Å². The van der Waals surface area contributed by atoms with Gasteiger partial charge >= 0.3 is 0 Å². The molecule has 0 unspecified atom stereocenters. The summed E-state index contributed by atoms with van der Waals surface area (Å²) in [6, 6.07) is 2.36. The fourth-order valence-corrected chi connectivity index (χ4v) is 2.45. The van der Waals surface area contributed by atoms with Gasteiger partial charge < -0.3 is 0 Å². The predicted molar refractivity (Wildman–Crippen MR) is 60.6 cm³/mol. The third kappa shape index (κ3) is 2.78. The van der Waals surface area contributed by atoms with Crippen molar-refractivity contribution in [2.24, 2.45) is 0 Å². The van der Waals surface area contributed by atoms with E-state index in [1.165, 1.54) is 6.92 Å². The minimum absolute atomic E-state index is 0.0521. The largest absolute Gasteiger partial charge is 0.296 e. The summed E-state index contributed by atoms with van der Waals surface area (Å²) < 4.78 is 25.4. The van der Waals surface area contributed by atoms with E-state index in [-0.39, 0.29) is 6.54 Å². The normalized spacial score (nSPS) is 11.2. The molecule has 0 radical (unpaired) electrons. The fraction of sp³-hybridized carbons (Fsp3) is 0.250. The summed E-state index contributed by atoms with van der Waals surface area (Å²) in [5, 5.41) is 21.2. The van der Waals surface area contributed by atoms with E-state index in [1.54, 1.807) is 0 Å². The lowest BCUT2D eigenvalue weighted by Crippen LogP contribution is -2.24. The summed E-state index contributed by atoms with van der Waals surface area (Å²) >= 11 is 0. The smallest absolute Gasteiger partial charge is 0.258 e. The number of rotatable bonds is 5. The van der Waals surface area contributed by atoms with Crippen LogP contribution in [0.5, 0.6) is 0 Å². The maximum Gasteiger partial charge on any atom is 0.296 e. The molecule has 98 valence electrons. The van der Waals surface area contributed by atoms with Crippen LogP contribution in [0.25, 0.3) is 0 Å². The number of hydrogen-bond acceptors (Lipinski definition) is 6. The van der Waals surface area contributed by atoms with Crippen LogP contribution in [0.3, 0.4) is 0 Å². The van der Waals surface area contributed by atoms with Gasteiger partial charge in [0.15, 0.2) is 4.90 Å². The Morgan fingerprint density at radius 1 is 1.22 bits per heavy atom. The summed E-state index contributed by atoms with van der Waals surface area (Å²) in [5.41, 5.74) is -1.37. The van der Waals surface area contributed by atoms with E-state index in [0.29, 0.717) is 6.07 Å². The molecule has 0 spiro atoms. The number of hydrogen-bond donors (Lipinski definition) is 1. The first-order valence-corrected chi connectivity index (χ1v) is 6.20. The molecule has 1 N–H and O–H groups in total. The highest BCUT2D eigenvalue weighted by atomic mass is 32.2. The van der Waals surface area contributed by atoms with E-state index in [4.69, 9.17) is 0 Å². The Kier molecular flexibility index (Phi) is 3.93. The number of nitro groups is 2. The second-order valence-corrected chi connectivity index (χ2v) is 4.90. The van der Waals surface area contributed by atoms with Crippen LogP contribution in [0.2, 0.25) is 0 Å². The zero-order chi connectivity index (χ0) is 13.9. The number of nitrogens with one attached hydrogen (secondary N) is 1. The second-order valence-electron chi connectivity index (χ2n) is 3.17. The molecule has 0 amide bonds. The van der Waals surface area contributed by atoms with Gasteiger partial charge in [-0.05, 0) is 6.07 Å². The lowest BCUT2D eigenvalue weighted by Gasteiger charge is -2.04. The van der Waals surface area contributed by atoms with Crippen molar-refractivity contribution in [3.8, 4) is 0 Å². The molecule has 18 heavy (non-hydrogen) atoms. The van der Waals surface area contributed by atoms with Crippen LogP contribution in [0.1, 0.15) is 6.92 Å². The topological polar surface area (TPSA) is 132 Å². The van der Waals surface area contributed by atoms with Crippen LogP contribution in [0.4, 0.5) is 11.4 Å². The van der Waals surface area contributed by atoms with Crippen LogP contribution < -0.4 is 4.72 Å². The maximum atomic E-state index is 11.7. The monoisotopic (exact) mass is 275 g/mol. The molecule has 1 aromatic rings. The van der Waals surface area contributed by atoms with Gasteiger partial charge in [0.25, 0.3) is 11.4 Å². The number of benzene rings is 1. The minimum Gasteiger partial charge on any atom is -0.258 e. The zero-order valence-corrected chi connectivity index (χ0v) is 10.0. The van der Waals surface area contributed by atoms with Crippen LogP contribution >= 0.6 is 0 Å². The Bertz CT molecular complexity index is 597. The van der Waals surface area contributed by atoms with Crippen LogP contribution in [0.15, 0.2) is 23.1 Å². The van der Waals surface area contributed by atoms with E-state index in [9.17, 15) is 28.6 Å². The van der Waals surface area contributed by atoms with Crippen molar-refractivity contribution in [3.63, 3.8) is 0 Å². The molecular weight excluding hydrogens is 266 g/mol. The third-order valence-corrected chi connectivity index (χ3v) is 3.57. The molecule has 1 rings (SSSR count). The van der Waals surface area contributed by atoms with Crippen LogP contribution in [0, 0.1) is 20.2 Å². The molecule has 9 nitrogen and oxygen atoms in total.